The summed E-state index contributed by atoms with van der Waals surface area (Å²) in [6.07, 6.45) is 8.22. The molecule has 1 aliphatic carbocycles. The highest BCUT2D eigenvalue weighted by molar-refractivity contribution is 5.79. The van der Waals surface area contributed by atoms with Crippen LogP contribution in [0.3, 0.4) is 0 Å². The van der Waals surface area contributed by atoms with E-state index in [1.165, 1.54) is 19.3 Å². The van der Waals surface area contributed by atoms with Crippen molar-refractivity contribution >= 4 is 5.91 Å². The van der Waals surface area contributed by atoms with Gasteiger partial charge in [0.2, 0.25) is 0 Å². The van der Waals surface area contributed by atoms with Crippen molar-refractivity contribution in [3.63, 3.8) is 0 Å². The van der Waals surface area contributed by atoms with Crippen molar-refractivity contribution in [3.05, 3.63) is 0 Å². The molecule has 1 amide bonds. The molecular formula is C14H25NO4. The summed E-state index contributed by atoms with van der Waals surface area (Å²) in [4.78, 5) is 17.1. The minimum atomic E-state index is -0.466. The molecule has 0 bridgehead atoms. The molecule has 1 heterocycles. The lowest BCUT2D eigenvalue weighted by molar-refractivity contribution is -0.205. The van der Waals surface area contributed by atoms with Gasteiger partial charge in [0.05, 0.1) is 6.10 Å². The second kappa shape index (κ2) is 7.82. The Morgan fingerprint density at radius 2 is 1.89 bits per heavy atom. The first-order chi connectivity index (χ1) is 9.25. The predicted molar refractivity (Wildman–Crippen MR) is 70.2 cm³/mol. The second-order valence-electron chi connectivity index (χ2n) is 5.42. The highest BCUT2D eigenvalue weighted by Crippen LogP contribution is 2.21. The maximum atomic E-state index is 11.8. The fraction of sp³-hybridized carbons (Fsp3) is 0.929. The SMILES string of the molecule is C[C@@H](OC1CCCCC1)C(=O)NO[C@@H]1CCCCO1. The lowest BCUT2D eigenvalue weighted by Gasteiger charge is -2.26. The van der Waals surface area contributed by atoms with Crippen LogP contribution >= 0.6 is 0 Å². The van der Waals surface area contributed by atoms with Crippen LogP contribution in [0.25, 0.3) is 0 Å². The zero-order valence-corrected chi connectivity index (χ0v) is 11.7. The molecule has 1 aliphatic heterocycles. The summed E-state index contributed by atoms with van der Waals surface area (Å²) in [7, 11) is 0. The Hall–Kier alpha value is -0.650. The Kier molecular flexibility index (Phi) is 6.07. The molecule has 2 rings (SSSR count). The van der Waals surface area contributed by atoms with E-state index < -0.39 is 6.10 Å². The van der Waals surface area contributed by atoms with Crippen molar-refractivity contribution in [2.45, 2.75) is 76.8 Å². The molecule has 0 aromatic carbocycles. The fourth-order valence-corrected chi connectivity index (χ4v) is 2.56. The maximum absolute atomic E-state index is 11.8. The van der Waals surface area contributed by atoms with Crippen LogP contribution in [0.4, 0.5) is 0 Å². The van der Waals surface area contributed by atoms with Gasteiger partial charge in [0.25, 0.3) is 5.91 Å². The number of carbonyl (C=O) groups excluding carboxylic acids is 1. The van der Waals surface area contributed by atoms with Gasteiger partial charge in [-0.3, -0.25) is 4.79 Å². The molecule has 2 atom stereocenters. The van der Waals surface area contributed by atoms with Gasteiger partial charge in [0, 0.05) is 13.0 Å². The normalized spacial score (nSPS) is 26.9. The first kappa shape index (κ1) is 14.8. The third-order valence-corrected chi connectivity index (χ3v) is 3.75. The van der Waals surface area contributed by atoms with E-state index in [4.69, 9.17) is 14.3 Å². The van der Waals surface area contributed by atoms with Crippen LogP contribution in [0.1, 0.15) is 58.3 Å². The molecule has 1 saturated heterocycles. The van der Waals surface area contributed by atoms with Gasteiger partial charge in [-0.25, -0.2) is 10.3 Å². The molecule has 0 radical (unpaired) electrons. The Bertz CT molecular complexity index is 273. The number of carbonyl (C=O) groups is 1. The summed E-state index contributed by atoms with van der Waals surface area (Å²) in [5, 5.41) is 0. The number of hydrogen-bond acceptors (Lipinski definition) is 4. The molecule has 2 fully saturated rings. The van der Waals surface area contributed by atoms with Gasteiger partial charge in [-0.1, -0.05) is 19.3 Å². The molecule has 110 valence electrons. The summed E-state index contributed by atoms with van der Waals surface area (Å²) in [5.74, 6) is -0.222. The number of amides is 1. The van der Waals surface area contributed by atoms with Crippen LogP contribution < -0.4 is 5.48 Å². The monoisotopic (exact) mass is 271 g/mol. The largest absolute Gasteiger partial charge is 0.365 e. The number of hydroxylamine groups is 1. The van der Waals surface area contributed by atoms with Crippen LogP contribution in [-0.2, 0) is 19.1 Å². The van der Waals surface area contributed by atoms with Crippen molar-refractivity contribution in [3.8, 4) is 0 Å². The first-order valence-corrected chi connectivity index (χ1v) is 7.48. The van der Waals surface area contributed by atoms with Gasteiger partial charge in [0.15, 0.2) is 6.29 Å². The highest BCUT2D eigenvalue weighted by Gasteiger charge is 2.22. The molecule has 1 saturated carbocycles. The molecule has 0 aromatic heterocycles. The molecule has 0 unspecified atom stereocenters. The highest BCUT2D eigenvalue weighted by atomic mass is 16.8. The van der Waals surface area contributed by atoms with E-state index >= 15 is 0 Å². The van der Waals surface area contributed by atoms with E-state index in [9.17, 15) is 4.79 Å². The molecule has 2 aliphatic rings. The third kappa shape index (κ3) is 5.09. The first-order valence-electron chi connectivity index (χ1n) is 7.48. The van der Waals surface area contributed by atoms with Crippen LogP contribution in [0, 0.1) is 0 Å². The van der Waals surface area contributed by atoms with E-state index in [-0.39, 0.29) is 18.3 Å². The standard InChI is InChI=1S/C14H25NO4/c1-11(18-12-7-3-2-4-8-12)14(16)15-19-13-9-5-6-10-17-13/h11-13H,2-10H2,1H3,(H,15,16)/t11-,13-/m1/s1. The van der Waals surface area contributed by atoms with Crippen LogP contribution in [-0.4, -0.2) is 31.0 Å². The van der Waals surface area contributed by atoms with Crippen LogP contribution in [0.5, 0.6) is 0 Å². The van der Waals surface area contributed by atoms with Gasteiger partial charge in [-0.15, -0.1) is 0 Å². The second-order valence-corrected chi connectivity index (χ2v) is 5.42. The number of rotatable bonds is 5. The predicted octanol–water partition coefficient (Wildman–Crippen LogP) is 2.30. The van der Waals surface area contributed by atoms with E-state index in [0.717, 1.165) is 32.1 Å². The van der Waals surface area contributed by atoms with Gasteiger partial charge >= 0.3 is 0 Å². The van der Waals surface area contributed by atoms with Crippen molar-refractivity contribution in [1.29, 1.82) is 0 Å². The number of ether oxygens (including phenoxy) is 2. The van der Waals surface area contributed by atoms with Gasteiger partial charge < -0.3 is 9.47 Å². The molecule has 5 heteroatoms. The van der Waals surface area contributed by atoms with Gasteiger partial charge in [-0.2, -0.15) is 0 Å². The van der Waals surface area contributed by atoms with Crippen molar-refractivity contribution in [2.75, 3.05) is 6.61 Å². The van der Waals surface area contributed by atoms with Crippen molar-refractivity contribution < 1.29 is 19.1 Å². The van der Waals surface area contributed by atoms with E-state index in [1.807, 2.05) is 0 Å². The zero-order valence-electron chi connectivity index (χ0n) is 11.7. The Morgan fingerprint density at radius 1 is 1.16 bits per heavy atom. The average Bonchev–Trinajstić information content (AvgIpc) is 2.47. The lowest BCUT2D eigenvalue weighted by atomic mass is 9.98. The third-order valence-electron chi connectivity index (χ3n) is 3.75. The average molecular weight is 271 g/mol. The Balaban J connectivity index is 1.63. The van der Waals surface area contributed by atoms with Crippen LogP contribution in [0.15, 0.2) is 0 Å². The quantitative estimate of drug-likeness (QED) is 0.780. The number of nitrogens with one attached hydrogen (secondary N) is 1. The molecule has 5 nitrogen and oxygen atoms in total. The summed E-state index contributed by atoms with van der Waals surface area (Å²) >= 11 is 0. The Labute approximate surface area is 114 Å². The Morgan fingerprint density at radius 3 is 2.58 bits per heavy atom. The molecular weight excluding hydrogens is 246 g/mol. The number of hydrogen-bond donors (Lipinski definition) is 1. The summed E-state index contributed by atoms with van der Waals surface area (Å²) in [6.45, 7) is 2.48. The van der Waals surface area contributed by atoms with Crippen molar-refractivity contribution in [1.82, 2.24) is 5.48 Å². The van der Waals surface area contributed by atoms with E-state index in [2.05, 4.69) is 5.48 Å². The molecule has 19 heavy (non-hydrogen) atoms. The minimum absolute atomic E-state index is 0.222. The fourth-order valence-electron chi connectivity index (χ4n) is 2.56. The van der Waals surface area contributed by atoms with Crippen LogP contribution in [0.2, 0.25) is 0 Å². The smallest absolute Gasteiger partial charge is 0.272 e. The van der Waals surface area contributed by atoms with Crippen molar-refractivity contribution in [2.24, 2.45) is 0 Å². The van der Waals surface area contributed by atoms with Gasteiger partial charge in [-0.05, 0) is 32.6 Å². The zero-order chi connectivity index (χ0) is 13.5. The summed E-state index contributed by atoms with van der Waals surface area (Å²) < 4.78 is 11.1. The molecule has 0 aromatic rings. The lowest BCUT2D eigenvalue weighted by Crippen LogP contribution is -2.40. The summed E-state index contributed by atoms with van der Waals surface area (Å²) in [6, 6.07) is 0. The van der Waals surface area contributed by atoms with Gasteiger partial charge in [0.1, 0.15) is 6.10 Å². The minimum Gasteiger partial charge on any atom is -0.365 e. The van der Waals surface area contributed by atoms with E-state index in [1.54, 1.807) is 6.92 Å². The maximum Gasteiger partial charge on any atom is 0.272 e. The van der Waals surface area contributed by atoms with E-state index in [0.29, 0.717) is 6.61 Å². The topological polar surface area (TPSA) is 56.8 Å². The molecule has 1 N–H and O–H groups in total. The summed E-state index contributed by atoms with van der Waals surface area (Å²) in [5.41, 5.74) is 2.45. The molecule has 0 spiro atoms.